The van der Waals surface area contributed by atoms with E-state index >= 15 is 0 Å². The molecule has 114 valence electrons. The Kier molecular flexibility index (Phi) is 7.06. The first-order valence-corrected chi connectivity index (χ1v) is 9.39. The van der Waals surface area contributed by atoms with Crippen molar-refractivity contribution in [2.45, 2.75) is 63.3 Å². The third-order valence-electron chi connectivity index (χ3n) is 3.44. The van der Waals surface area contributed by atoms with Gasteiger partial charge in [0.1, 0.15) is 0 Å². The van der Waals surface area contributed by atoms with Crippen LogP contribution in [0.1, 0.15) is 52.4 Å². The molecule has 0 aliphatic heterocycles. The summed E-state index contributed by atoms with van der Waals surface area (Å²) in [5, 5.41) is 3.42. The molecule has 0 spiro atoms. The average Bonchev–Trinajstić information content (AvgIpc) is 2.38. The van der Waals surface area contributed by atoms with Gasteiger partial charge in [0.15, 0.2) is 9.84 Å². The quantitative estimate of drug-likeness (QED) is 0.693. The maximum atomic E-state index is 11.4. The fraction of sp³-hybridized carbons (Fsp3) is 0.625. The van der Waals surface area contributed by atoms with Gasteiger partial charge in [-0.25, -0.2) is 8.42 Å². The Labute approximate surface area is 123 Å². The Bertz CT molecular complexity index is 480. The van der Waals surface area contributed by atoms with Crippen molar-refractivity contribution in [2.75, 3.05) is 11.6 Å². The SMILES string of the molecule is CCCCCCCC(C)Nc1ccc(S(C)(=O)=O)cc1. The molecule has 0 amide bonds. The van der Waals surface area contributed by atoms with Crippen molar-refractivity contribution in [3.63, 3.8) is 0 Å². The first kappa shape index (κ1) is 17.0. The van der Waals surface area contributed by atoms with Gasteiger partial charge in [0.25, 0.3) is 0 Å². The fourth-order valence-corrected chi connectivity index (χ4v) is 2.84. The minimum absolute atomic E-state index is 0.371. The van der Waals surface area contributed by atoms with E-state index in [1.54, 1.807) is 12.1 Å². The van der Waals surface area contributed by atoms with Crippen LogP contribution in [0.25, 0.3) is 0 Å². The van der Waals surface area contributed by atoms with Crippen LogP contribution in [0.5, 0.6) is 0 Å². The van der Waals surface area contributed by atoms with E-state index in [4.69, 9.17) is 0 Å². The summed E-state index contributed by atoms with van der Waals surface area (Å²) >= 11 is 0. The molecule has 0 saturated heterocycles. The number of rotatable bonds is 9. The average molecular weight is 297 g/mol. The third kappa shape index (κ3) is 6.42. The molecule has 4 heteroatoms. The minimum atomic E-state index is -3.10. The summed E-state index contributed by atoms with van der Waals surface area (Å²) in [5.41, 5.74) is 0.985. The molecule has 0 radical (unpaired) electrons. The Balaban J connectivity index is 2.37. The highest BCUT2D eigenvalue weighted by molar-refractivity contribution is 7.90. The van der Waals surface area contributed by atoms with Crippen molar-refractivity contribution in [3.05, 3.63) is 24.3 Å². The normalized spacial score (nSPS) is 13.2. The van der Waals surface area contributed by atoms with Crippen LogP contribution < -0.4 is 5.32 Å². The number of anilines is 1. The summed E-state index contributed by atoms with van der Waals surface area (Å²) in [6.07, 6.45) is 8.86. The van der Waals surface area contributed by atoms with Gasteiger partial charge in [-0.1, -0.05) is 39.0 Å². The van der Waals surface area contributed by atoms with Gasteiger partial charge in [0, 0.05) is 18.0 Å². The summed E-state index contributed by atoms with van der Waals surface area (Å²) in [7, 11) is -3.10. The second-order valence-corrected chi connectivity index (χ2v) is 7.56. The minimum Gasteiger partial charge on any atom is -0.383 e. The Morgan fingerprint density at radius 1 is 1.05 bits per heavy atom. The number of hydrogen-bond donors (Lipinski definition) is 1. The molecule has 0 fully saturated rings. The number of unbranched alkanes of at least 4 members (excludes halogenated alkanes) is 4. The predicted molar refractivity (Wildman–Crippen MR) is 86.0 cm³/mol. The molecular formula is C16H27NO2S. The van der Waals surface area contributed by atoms with Gasteiger partial charge in [0.2, 0.25) is 0 Å². The van der Waals surface area contributed by atoms with Gasteiger partial charge in [-0.2, -0.15) is 0 Å². The zero-order chi connectivity index (χ0) is 15.0. The standard InChI is InChI=1S/C16H27NO2S/c1-4-5-6-7-8-9-14(2)17-15-10-12-16(13-11-15)20(3,18)19/h10-14,17H,4-9H2,1-3H3. The highest BCUT2D eigenvalue weighted by Crippen LogP contribution is 2.16. The molecule has 1 N–H and O–H groups in total. The van der Waals surface area contributed by atoms with Crippen LogP contribution in [0.3, 0.4) is 0 Å². The van der Waals surface area contributed by atoms with Gasteiger partial charge < -0.3 is 5.32 Å². The van der Waals surface area contributed by atoms with E-state index in [2.05, 4.69) is 19.2 Å². The molecule has 0 aliphatic rings. The molecule has 0 aliphatic carbocycles. The lowest BCUT2D eigenvalue weighted by Crippen LogP contribution is -2.14. The second-order valence-electron chi connectivity index (χ2n) is 5.54. The number of nitrogens with one attached hydrogen (secondary N) is 1. The molecule has 0 heterocycles. The van der Waals surface area contributed by atoms with E-state index in [0.717, 1.165) is 12.1 Å². The van der Waals surface area contributed by atoms with Crippen LogP contribution >= 0.6 is 0 Å². The van der Waals surface area contributed by atoms with Crippen LogP contribution in [0, 0.1) is 0 Å². The zero-order valence-corrected chi connectivity index (χ0v) is 13.7. The third-order valence-corrected chi connectivity index (χ3v) is 4.56. The van der Waals surface area contributed by atoms with Crippen LogP contribution in [-0.4, -0.2) is 20.7 Å². The molecule has 0 bridgehead atoms. The van der Waals surface area contributed by atoms with E-state index in [-0.39, 0.29) is 0 Å². The smallest absolute Gasteiger partial charge is 0.175 e. The number of benzene rings is 1. The highest BCUT2D eigenvalue weighted by atomic mass is 32.2. The molecule has 1 aromatic rings. The van der Waals surface area contributed by atoms with Crippen LogP contribution in [-0.2, 0) is 9.84 Å². The molecule has 0 saturated carbocycles. The Hall–Kier alpha value is -1.03. The van der Waals surface area contributed by atoms with E-state index < -0.39 is 9.84 Å². The number of hydrogen-bond acceptors (Lipinski definition) is 3. The summed E-state index contributed by atoms with van der Waals surface area (Å²) in [4.78, 5) is 0.371. The maximum absolute atomic E-state index is 11.4. The fourth-order valence-electron chi connectivity index (χ4n) is 2.21. The van der Waals surface area contributed by atoms with Crippen molar-refractivity contribution in [1.29, 1.82) is 0 Å². The lowest BCUT2D eigenvalue weighted by atomic mass is 10.1. The summed E-state index contributed by atoms with van der Waals surface area (Å²) < 4.78 is 22.7. The number of sulfone groups is 1. The van der Waals surface area contributed by atoms with E-state index in [9.17, 15) is 8.42 Å². The largest absolute Gasteiger partial charge is 0.383 e. The first-order chi connectivity index (χ1) is 9.43. The highest BCUT2D eigenvalue weighted by Gasteiger charge is 2.07. The van der Waals surface area contributed by atoms with Gasteiger partial charge in [-0.15, -0.1) is 0 Å². The lowest BCUT2D eigenvalue weighted by molar-refractivity contribution is 0.578. The molecule has 1 unspecified atom stereocenters. The maximum Gasteiger partial charge on any atom is 0.175 e. The molecule has 0 aromatic heterocycles. The second kappa shape index (κ2) is 8.30. The molecular weight excluding hydrogens is 270 g/mol. The monoisotopic (exact) mass is 297 g/mol. The van der Waals surface area contributed by atoms with E-state index in [1.807, 2.05) is 12.1 Å². The van der Waals surface area contributed by atoms with Crippen LogP contribution in [0.4, 0.5) is 5.69 Å². The van der Waals surface area contributed by atoms with Gasteiger partial charge >= 0.3 is 0 Å². The Morgan fingerprint density at radius 3 is 2.20 bits per heavy atom. The van der Waals surface area contributed by atoms with Crippen molar-refractivity contribution in [2.24, 2.45) is 0 Å². The van der Waals surface area contributed by atoms with Gasteiger partial charge in [-0.05, 0) is 37.6 Å². The first-order valence-electron chi connectivity index (χ1n) is 7.50. The zero-order valence-electron chi connectivity index (χ0n) is 12.9. The molecule has 20 heavy (non-hydrogen) atoms. The lowest BCUT2D eigenvalue weighted by Gasteiger charge is -2.15. The topological polar surface area (TPSA) is 46.2 Å². The molecule has 1 rings (SSSR count). The van der Waals surface area contributed by atoms with E-state index in [1.165, 1.54) is 38.4 Å². The Morgan fingerprint density at radius 2 is 1.65 bits per heavy atom. The predicted octanol–water partition coefficient (Wildman–Crippen LogP) is 4.25. The van der Waals surface area contributed by atoms with Gasteiger partial charge in [0.05, 0.1) is 4.90 Å². The molecule has 3 nitrogen and oxygen atoms in total. The summed E-state index contributed by atoms with van der Waals surface area (Å²) in [5.74, 6) is 0. The van der Waals surface area contributed by atoms with Crippen molar-refractivity contribution >= 4 is 15.5 Å². The van der Waals surface area contributed by atoms with Crippen molar-refractivity contribution < 1.29 is 8.42 Å². The van der Waals surface area contributed by atoms with Crippen LogP contribution in [0.2, 0.25) is 0 Å². The van der Waals surface area contributed by atoms with Gasteiger partial charge in [-0.3, -0.25) is 0 Å². The summed E-state index contributed by atoms with van der Waals surface area (Å²) in [6.45, 7) is 4.40. The van der Waals surface area contributed by atoms with Crippen molar-refractivity contribution in [3.8, 4) is 0 Å². The van der Waals surface area contributed by atoms with E-state index in [0.29, 0.717) is 10.9 Å². The van der Waals surface area contributed by atoms with Crippen molar-refractivity contribution in [1.82, 2.24) is 0 Å². The summed E-state index contributed by atoms with van der Waals surface area (Å²) in [6, 6.07) is 7.41. The molecule has 1 aromatic carbocycles. The molecule has 1 atom stereocenters. The van der Waals surface area contributed by atoms with Crippen LogP contribution in [0.15, 0.2) is 29.2 Å².